The van der Waals surface area contributed by atoms with Gasteiger partial charge in [-0.2, -0.15) is 0 Å². The van der Waals surface area contributed by atoms with Crippen LogP contribution < -0.4 is 16.6 Å². The molecule has 0 unspecified atom stereocenters. The molecule has 0 fully saturated rings. The molecule has 0 amide bonds. The summed E-state index contributed by atoms with van der Waals surface area (Å²) in [5.74, 6) is 5.75. The van der Waals surface area contributed by atoms with Crippen LogP contribution in [-0.2, 0) is 4.74 Å². The first kappa shape index (κ1) is 14.1. The van der Waals surface area contributed by atoms with E-state index in [9.17, 15) is 0 Å². The molecule has 17 heavy (non-hydrogen) atoms. The molecular weight excluding hydrogens is 263 g/mol. The van der Waals surface area contributed by atoms with E-state index in [-0.39, 0.29) is 0 Å². The van der Waals surface area contributed by atoms with E-state index in [0.29, 0.717) is 34.8 Å². The molecule has 0 aliphatic heterocycles. The Hall–Kier alpha value is -1.01. The predicted molar refractivity (Wildman–Crippen MR) is 71.6 cm³/mol. The lowest BCUT2D eigenvalue weighted by molar-refractivity contribution is 0.208. The molecule has 5 nitrogen and oxygen atoms in total. The number of anilines is 1. The fraction of sp³-hybridized carbons (Fsp3) is 0.300. The minimum absolute atomic E-state index is 0.417. The van der Waals surface area contributed by atoms with E-state index in [1.165, 1.54) is 0 Å². The molecule has 0 aromatic heterocycles. The molecule has 4 N–H and O–H groups in total. The van der Waals surface area contributed by atoms with Crippen LogP contribution in [0, 0.1) is 0 Å². The highest BCUT2D eigenvalue weighted by Crippen LogP contribution is 2.22. The van der Waals surface area contributed by atoms with Crippen molar-refractivity contribution in [3.63, 3.8) is 0 Å². The lowest BCUT2D eigenvalue weighted by atomic mass is 10.3. The van der Waals surface area contributed by atoms with E-state index < -0.39 is 0 Å². The number of aliphatic imine (C=N–C) groups is 1. The van der Waals surface area contributed by atoms with Crippen LogP contribution in [0.3, 0.4) is 0 Å². The number of guanidine groups is 1. The highest BCUT2D eigenvalue weighted by molar-refractivity contribution is 6.35. The number of benzene rings is 1. The van der Waals surface area contributed by atoms with Gasteiger partial charge in [0, 0.05) is 22.8 Å². The van der Waals surface area contributed by atoms with E-state index in [4.69, 9.17) is 33.8 Å². The Morgan fingerprint density at radius 1 is 1.35 bits per heavy atom. The normalized spacial score (nSPS) is 11.4. The zero-order chi connectivity index (χ0) is 12.7. The van der Waals surface area contributed by atoms with Crippen LogP contribution in [0.15, 0.2) is 23.2 Å². The Morgan fingerprint density at radius 3 is 2.53 bits per heavy atom. The van der Waals surface area contributed by atoms with Crippen LogP contribution in [-0.4, -0.2) is 26.2 Å². The van der Waals surface area contributed by atoms with Gasteiger partial charge in [-0.25, -0.2) is 10.8 Å². The monoisotopic (exact) mass is 276 g/mol. The van der Waals surface area contributed by atoms with E-state index in [2.05, 4.69) is 15.7 Å². The maximum atomic E-state index is 5.87. The average Bonchev–Trinajstić information content (AvgIpc) is 2.26. The number of rotatable bonds is 4. The van der Waals surface area contributed by atoms with Crippen molar-refractivity contribution in [1.82, 2.24) is 5.43 Å². The fourth-order valence-electron chi connectivity index (χ4n) is 1.13. The van der Waals surface area contributed by atoms with Gasteiger partial charge in [0.15, 0.2) is 0 Å². The molecule has 0 radical (unpaired) electrons. The summed E-state index contributed by atoms with van der Waals surface area (Å²) in [5.41, 5.74) is 3.15. The lowest BCUT2D eigenvalue weighted by Gasteiger charge is -2.09. The largest absolute Gasteiger partial charge is 0.383 e. The minimum atomic E-state index is 0.417. The Labute approximate surface area is 110 Å². The van der Waals surface area contributed by atoms with Gasteiger partial charge < -0.3 is 10.1 Å². The molecule has 0 atom stereocenters. The average molecular weight is 277 g/mol. The molecule has 1 aromatic carbocycles. The number of halogens is 2. The zero-order valence-corrected chi connectivity index (χ0v) is 10.8. The number of hydrogen-bond donors (Lipinski definition) is 3. The van der Waals surface area contributed by atoms with Crippen LogP contribution >= 0.6 is 23.2 Å². The van der Waals surface area contributed by atoms with Crippen LogP contribution in [0.2, 0.25) is 10.0 Å². The van der Waals surface area contributed by atoms with Crippen LogP contribution in [0.25, 0.3) is 0 Å². The Balaban J connectivity index is 2.69. The van der Waals surface area contributed by atoms with Gasteiger partial charge in [-0.05, 0) is 18.2 Å². The first-order valence-electron chi connectivity index (χ1n) is 4.89. The van der Waals surface area contributed by atoms with Gasteiger partial charge >= 0.3 is 0 Å². The summed E-state index contributed by atoms with van der Waals surface area (Å²) in [6, 6.07) is 5.08. The van der Waals surface area contributed by atoms with E-state index in [0.717, 1.165) is 0 Å². The summed E-state index contributed by atoms with van der Waals surface area (Å²) in [5, 5.41) is 4.03. The first-order valence-corrected chi connectivity index (χ1v) is 5.64. The number of methoxy groups -OCH3 is 1. The van der Waals surface area contributed by atoms with Crippen molar-refractivity contribution in [2.24, 2.45) is 10.8 Å². The van der Waals surface area contributed by atoms with Crippen LogP contribution in [0.1, 0.15) is 0 Å². The van der Waals surface area contributed by atoms with Gasteiger partial charge in [-0.15, -0.1) is 0 Å². The standard InChI is InChI=1S/C10H14Cl2N4O/c1-17-3-2-14-10(16-13)15-9-5-7(11)4-8(12)6-9/h4-6H,2-3,13H2,1H3,(H2,14,15,16). The Bertz CT molecular complexity index is 378. The third kappa shape index (κ3) is 5.23. The van der Waals surface area contributed by atoms with Crippen molar-refractivity contribution in [2.75, 3.05) is 25.6 Å². The van der Waals surface area contributed by atoms with Gasteiger partial charge in [0.05, 0.1) is 13.2 Å². The summed E-state index contributed by atoms with van der Waals surface area (Å²) in [7, 11) is 1.61. The summed E-state index contributed by atoms with van der Waals surface area (Å²) >= 11 is 11.7. The third-order valence-corrected chi connectivity index (χ3v) is 2.26. The quantitative estimate of drug-likeness (QED) is 0.258. The third-order valence-electron chi connectivity index (χ3n) is 1.83. The summed E-state index contributed by atoms with van der Waals surface area (Å²) < 4.78 is 4.88. The minimum Gasteiger partial charge on any atom is -0.383 e. The second-order valence-corrected chi connectivity index (χ2v) is 4.02. The van der Waals surface area contributed by atoms with Gasteiger partial charge in [0.1, 0.15) is 0 Å². The Kier molecular flexibility index (Phi) is 6.07. The second kappa shape index (κ2) is 7.34. The number of nitrogens with two attached hydrogens (primary N) is 1. The number of nitrogens with zero attached hydrogens (tertiary/aromatic N) is 1. The molecular formula is C10H14Cl2N4O. The summed E-state index contributed by atoms with van der Waals surface area (Å²) in [4.78, 5) is 4.14. The highest BCUT2D eigenvalue weighted by Gasteiger charge is 2.01. The highest BCUT2D eigenvalue weighted by atomic mass is 35.5. The van der Waals surface area contributed by atoms with Crippen molar-refractivity contribution in [3.05, 3.63) is 28.2 Å². The molecule has 94 valence electrons. The van der Waals surface area contributed by atoms with Gasteiger partial charge in [-0.1, -0.05) is 23.2 Å². The van der Waals surface area contributed by atoms with Crippen molar-refractivity contribution in [3.8, 4) is 0 Å². The maximum absolute atomic E-state index is 5.87. The SMILES string of the molecule is COCCN=C(NN)Nc1cc(Cl)cc(Cl)c1. The first-order chi connectivity index (χ1) is 8.15. The molecule has 0 saturated heterocycles. The number of nitrogens with one attached hydrogen (secondary N) is 2. The zero-order valence-electron chi connectivity index (χ0n) is 9.34. The maximum Gasteiger partial charge on any atom is 0.210 e. The predicted octanol–water partition coefficient (Wildman–Crippen LogP) is 1.87. The molecule has 0 aliphatic carbocycles. The van der Waals surface area contributed by atoms with Gasteiger partial charge in [0.25, 0.3) is 0 Å². The van der Waals surface area contributed by atoms with Crippen molar-refractivity contribution < 1.29 is 4.74 Å². The number of hydrogen-bond acceptors (Lipinski definition) is 3. The van der Waals surface area contributed by atoms with Crippen molar-refractivity contribution >= 4 is 34.8 Å². The van der Waals surface area contributed by atoms with Crippen LogP contribution in [0.4, 0.5) is 5.69 Å². The molecule has 1 aromatic rings. The molecule has 7 heteroatoms. The number of hydrazine groups is 1. The van der Waals surface area contributed by atoms with Crippen molar-refractivity contribution in [2.45, 2.75) is 0 Å². The van der Waals surface area contributed by atoms with Gasteiger partial charge in [-0.3, -0.25) is 5.43 Å². The molecule has 0 heterocycles. The van der Waals surface area contributed by atoms with Crippen molar-refractivity contribution in [1.29, 1.82) is 0 Å². The van der Waals surface area contributed by atoms with E-state index in [1.54, 1.807) is 25.3 Å². The van der Waals surface area contributed by atoms with E-state index >= 15 is 0 Å². The van der Waals surface area contributed by atoms with Crippen LogP contribution in [0.5, 0.6) is 0 Å². The molecule has 0 spiro atoms. The summed E-state index contributed by atoms with van der Waals surface area (Å²) in [6.45, 7) is 1.01. The molecule has 0 bridgehead atoms. The molecule has 0 saturated carbocycles. The lowest BCUT2D eigenvalue weighted by Crippen LogP contribution is -2.36. The molecule has 1 rings (SSSR count). The second-order valence-electron chi connectivity index (χ2n) is 3.15. The molecule has 0 aliphatic rings. The Morgan fingerprint density at radius 2 is 2.00 bits per heavy atom. The number of ether oxygens (including phenoxy) is 1. The smallest absolute Gasteiger partial charge is 0.210 e. The summed E-state index contributed by atoms with van der Waals surface area (Å²) in [6.07, 6.45) is 0. The topological polar surface area (TPSA) is 71.7 Å². The van der Waals surface area contributed by atoms with E-state index in [1.807, 2.05) is 0 Å². The fourth-order valence-corrected chi connectivity index (χ4v) is 1.66. The van der Waals surface area contributed by atoms with Gasteiger partial charge in [0.2, 0.25) is 5.96 Å².